The Hall–Kier alpha value is -0.970. The Morgan fingerprint density at radius 2 is 1.95 bits per heavy atom. The smallest absolute Gasteiger partial charge is 0.147 e. The molecule has 1 atom stereocenters. The van der Waals surface area contributed by atoms with Crippen LogP contribution in [0.5, 0.6) is 0 Å². The zero-order valence-corrected chi connectivity index (χ0v) is 14.7. The molecular formula is C15H19Cl2N3S. The normalized spacial score (nSPS) is 12.2. The summed E-state index contributed by atoms with van der Waals surface area (Å²) in [6.45, 7) is 7.11. The van der Waals surface area contributed by atoms with Crippen LogP contribution in [0, 0.1) is 6.92 Å². The molecule has 0 aliphatic heterocycles. The molecule has 0 bridgehead atoms. The summed E-state index contributed by atoms with van der Waals surface area (Å²) in [7, 11) is 0. The number of pyridine rings is 1. The van der Waals surface area contributed by atoms with Crippen molar-refractivity contribution >= 4 is 46.2 Å². The van der Waals surface area contributed by atoms with Gasteiger partial charge in [0.2, 0.25) is 0 Å². The number of aromatic nitrogens is 1. The van der Waals surface area contributed by atoms with E-state index in [4.69, 9.17) is 23.2 Å². The van der Waals surface area contributed by atoms with E-state index in [1.54, 1.807) is 17.4 Å². The Morgan fingerprint density at radius 3 is 2.57 bits per heavy atom. The molecule has 2 heterocycles. The lowest BCUT2D eigenvalue weighted by atomic mass is 10.2. The van der Waals surface area contributed by atoms with E-state index in [9.17, 15) is 0 Å². The summed E-state index contributed by atoms with van der Waals surface area (Å²) in [6, 6.07) is 6.11. The Labute approximate surface area is 139 Å². The van der Waals surface area contributed by atoms with Crippen molar-refractivity contribution in [2.24, 2.45) is 0 Å². The van der Waals surface area contributed by atoms with Crippen molar-refractivity contribution in [3.63, 3.8) is 0 Å². The van der Waals surface area contributed by atoms with Crippen LogP contribution >= 0.6 is 34.5 Å². The highest BCUT2D eigenvalue weighted by molar-refractivity contribution is 7.12. The molecule has 0 saturated carbocycles. The first kappa shape index (κ1) is 16.4. The van der Waals surface area contributed by atoms with E-state index in [1.807, 2.05) is 0 Å². The number of nitrogens with one attached hydrogen (secondary N) is 2. The maximum atomic E-state index is 6.24. The molecule has 0 spiro atoms. The number of thiophene rings is 1. The van der Waals surface area contributed by atoms with Crippen molar-refractivity contribution in [1.29, 1.82) is 0 Å². The molecule has 2 rings (SSSR count). The number of nitrogens with zero attached hydrogens (tertiary/aromatic N) is 1. The molecule has 2 aromatic heterocycles. The molecule has 2 N–H and O–H groups in total. The van der Waals surface area contributed by atoms with E-state index >= 15 is 0 Å². The summed E-state index contributed by atoms with van der Waals surface area (Å²) in [5.41, 5.74) is 0. The van der Waals surface area contributed by atoms with Crippen molar-refractivity contribution in [2.75, 3.05) is 17.2 Å². The summed E-state index contributed by atoms with van der Waals surface area (Å²) in [5, 5.41) is 7.63. The van der Waals surface area contributed by atoms with Crippen LogP contribution in [-0.2, 0) is 0 Å². The van der Waals surface area contributed by atoms with Crippen molar-refractivity contribution in [3.05, 3.63) is 38.0 Å². The first-order valence-corrected chi connectivity index (χ1v) is 8.51. The summed E-state index contributed by atoms with van der Waals surface area (Å²) in [5.74, 6) is 1.32. The van der Waals surface area contributed by atoms with E-state index in [0.29, 0.717) is 21.7 Å². The van der Waals surface area contributed by atoms with Crippen LogP contribution in [0.15, 0.2) is 18.2 Å². The molecule has 0 radical (unpaired) electrons. The lowest BCUT2D eigenvalue weighted by molar-refractivity contribution is 0.895. The maximum absolute atomic E-state index is 6.24. The van der Waals surface area contributed by atoms with E-state index in [2.05, 4.69) is 48.5 Å². The van der Waals surface area contributed by atoms with Crippen LogP contribution in [0.25, 0.3) is 0 Å². The van der Waals surface area contributed by atoms with E-state index in [0.717, 1.165) is 13.0 Å². The van der Waals surface area contributed by atoms with Crippen LogP contribution < -0.4 is 10.6 Å². The van der Waals surface area contributed by atoms with E-state index < -0.39 is 0 Å². The van der Waals surface area contributed by atoms with Gasteiger partial charge in [-0.05, 0) is 38.5 Å². The van der Waals surface area contributed by atoms with E-state index in [1.165, 1.54) is 9.75 Å². The molecule has 21 heavy (non-hydrogen) atoms. The minimum absolute atomic E-state index is 0.147. The van der Waals surface area contributed by atoms with Crippen LogP contribution in [0.2, 0.25) is 10.0 Å². The van der Waals surface area contributed by atoms with Crippen molar-refractivity contribution in [2.45, 2.75) is 33.2 Å². The van der Waals surface area contributed by atoms with Gasteiger partial charge in [-0.15, -0.1) is 11.3 Å². The molecule has 0 saturated heterocycles. The van der Waals surface area contributed by atoms with Gasteiger partial charge in [0, 0.05) is 16.3 Å². The summed E-state index contributed by atoms with van der Waals surface area (Å²) < 4.78 is 0. The molecule has 3 nitrogen and oxygen atoms in total. The zero-order chi connectivity index (χ0) is 15.4. The molecule has 2 aromatic rings. The van der Waals surface area contributed by atoms with Gasteiger partial charge >= 0.3 is 0 Å². The van der Waals surface area contributed by atoms with Crippen LogP contribution in [0.4, 0.5) is 11.6 Å². The van der Waals surface area contributed by atoms with Crippen molar-refractivity contribution < 1.29 is 0 Å². The molecule has 0 fully saturated rings. The number of rotatable bonds is 6. The van der Waals surface area contributed by atoms with Crippen LogP contribution in [0.1, 0.15) is 36.1 Å². The predicted molar refractivity (Wildman–Crippen MR) is 94.1 cm³/mol. The van der Waals surface area contributed by atoms with Gasteiger partial charge < -0.3 is 10.6 Å². The van der Waals surface area contributed by atoms with Gasteiger partial charge in [-0.1, -0.05) is 30.1 Å². The van der Waals surface area contributed by atoms with Gasteiger partial charge in [-0.3, -0.25) is 0 Å². The molecule has 0 aromatic carbocycles. The lowest BCUT2D eigenvalue weighted by Crippen LogP contribution is -2.09. The predicted octanol–water partition coefficient (Wildman–Crippen LogP) is 5.75. The van der Waals surface area contributed by atoms with Crippen LogP contribution in [0.3, 0.4) is 0 Å². The molecule has 0 aliphatic carbocycles. The molecule has 1 unspecified atom stereocenters. The standard InChI is InChI=1S/C15H19Cl2N3S/c1-4-7-18-14-11(16)8-12(17)15(20-14)19-10(3)13-6-5-9(2)21-13/h5-6,8,10H,4,7H2,1-3H3,(H2,18,19,20). The van der Waals surface area contributed by atoms with Gasteiger partial charge in [0.25, 0.3) is 0 Å². The first-order valence-electron chi connectivity index (χ1n) is 6.94. The minimum Gasteiger partial charge on any atom is -0.369 e. The SMILES string of the molecule is CCCNc1nc(NC(C)c2ccc(C)s2)c(Cl)cc1Cl. The monoisotopic (exact) mass is 343 g/mol. The fourth-order valence-electron chi connectivity index (χ4n) is 1.90. The second-order valence-corrected chi connectivity index (χ2v) is 7.02. The average molecular weight is 344 g/mol. The number of aryl methyl sites for hydroxylation is 1. The van der Waals surface area contributed by atoms with Gasteiger partial charge in [-0.25, -0.2) is 4.98 Å². The number of halogens is 2. The first-order chi connectivity index (χ1) is 10.0. The van der Waals surface area contributed by atoms with Gasteiger partial charge in [-0.2, -0.15) is 0 Å². The third-order valence-electron chi connectivity index (χ3n) is 3.01. The summed E-state index contributed by atoms with van der Waals surface area (Å²) in [6.07, 6.45) is 1.01. The third kappa shape index (κ3) is 4.25. The molecular weight excluding hydrogens is 325 g/mol. The van der Waals surface area contributed by atoms with Gasteiger partial charge in [0.15, 0.2) is 0 Å². The van der Waals surface area contributed by atoms with Gasteiger partial charge in [0.1, 0.15) is 11.6 Å². The average Bonchev–Trinajstić information content (AvgIpc) is 2.87. The minimum atomic E-state index is 0.147. The second kappa shape index (κ2) is 7.34. The fraction of sp³-hybridized carbons (Fsp3) is 0.400. The molecule has 114 valence electrons. The summed E-state index contributed by atoms with van der Waals surface area (Å²) >= 11 is 14.2. The highest BCUT2D eigenvalue weighted by Crippen LogP contribution is 2.32. The number of hydrogen-bond acceptors (Lipinski definition) is 4. The Kier molecular flexibility index (Phi) is 5.73. The van der Waals surface area contributed by atoms with Crippen molar-refractivity contribution in [3.8, 4) is 0 Å². The van der Waals surface area contributed by atoms with E-state index in [-0.39, 0.29) is 6.04 Å². The molecule has 0 aliphatic rings. The highest BCUT2D eigenvalue weighted by Gasteiger charge is 2.13. The largest absolute Gasteiger partial charge is 0.369 e. The van der Waals surface area contributed by atoms with Gasteiger partial charge in [0.05, 0.1) is 16.1 Å². The Morgan fingerprint density at radius 1 is 1.24 bits per heavy atom. The van der Waals surface area contributed by atoms with Crippen LogP contribution in [-0.4, -0.2) is 11.5 Å². The fourth-order valence-corrected chi connectivity index (χ4v) is 3.26. The second-order valence-electron chi connectivity index (χ2n) is 4.89. The number of hydrogen-bond donors (Lipinski definition) is 2. The molecule has 6 heteroatoms. The quantitative estimate of drug-likeness (QED) is 0.700. The summed E-state index contributed by atoms with van der Waals surface area (Å²) in [4.78, 5) is 7.04. The van der Waals surface area contributed by atoms with Crippen molar-refractivity contribution in [1.82, 2.24) is 4.98 Å². The highest BCUT2D eigenvalue weighted by atomic mass is 35.5. The Balaban J connectivity index is 2.18. The zero-order valence-electron chi connectivity index (χ0n) is 12.3. The maximum Gasteiger partial charge on any atom is 0.147 e. The Bertz CT molecular complexity index is 613. The molecule has 0 amide bonds. The third-order valence-corrected chi connectivity index (χ3v) is 4.77. The number of anilines is 2. The topological polar surface area (TPSA) is 37.0 Å². The lowest BCUT2D eigenvalue weighted by Gasteiger charge is -2.16.